The summed E-state index contributed by atoms with van der Waals surface area (Å²) in [5, 5.41) is 8.47. The van der Waals surface area contributed by atoms with Gasteiger partial charge in [-0.1, -0.05) is 30.3 Å². The number of carboxylic acid groups (broad SMARTS) is 1. The molecule has 0 saturated carbocycles. The molecule has 0 bridgehead atoms. The summed E-state index contributed by atoms with van der Waals surface area (Å²) in [5.74, 6) is -0.869. The van der Waals surface area contributed by atoms with Gasteiger partial charge in [-0.05, 0) is 12.5 Å². The second kappa shape index (κ2) is 9.44. The summed E-state index contributed by atoms with van der Waals surface area (Å²) >= 11 is 4.72. The summed E-state index contributed by atoms with van der Waals surface area (Å²) in [7, 11) is 0. The van der Waals surface area contributed by atoms with Crippen molar-refractivity contribution in [2.24, 2.45) is 5.73 Å². The van der Waals surface area contributed by atoms with Gasteiger partial charge in [-0.3, -0.25) is 4.79 Å². The lowest BCUT2D eigenvalue weighted by atomic mass is 10.1. The quantitative estimate of drug-likeness (QED) is 0.823. The van der Waals surface area contributed by atoms with Gasteiger partial charge in [0, 0.05) is 17.6 Å². The topological polar surface area (TPSA) is 89.6 Å². The van der Waals surface area contributed by atoms with Crippen LogP contribution in [-0.2, 0) is 9.53 Å². The van der Waals surface area contributed by atoms with Gasteiger partial charge in [0.1, 0.15) is 0 Å². The lowest BCUT2D eigenvalue weighted by Crippen LogP contribution is -2.14. The Morgan fingerprint density at radius 1 is 1.39 bits per heavy atom. The van der Waals surface area contributed by atoms with E-state index in [-0.39, 0.29) is 6.42 Å². The Labute approximate surface area is 111 Å². The Morgan fingerprint density at radius 2 is 1.94 bits per heavy atom. The van der Waals surface area contributed by atoms with Crippen molar-refractivity contribution in [2.45, 2.75) is 19.4 Å². The van der Waals surface area contributed by atoms with Crippen LogP contribution in [0.2, 0.25) is 0 Å². The smallest absolute Gasteiger partial charge is 0.403 e. The minimum absolute atomic E-state index is 0.0238. The van der Waals surface area contributed by atoms with Crippen LogP contribution in [0.5, 0.6) is 0 Å². The molecule has 0 spiro atoms. The van der Waals surface area contributed by atoms with Gasteiger partial charge in [0.15, 0.2) is 0 Å². The molecule has 0 aliphatic carbocycles. The van der Waals surface area contributed by atoms with Gasteiger partial charge in [-0.2, -0.15) is 0 Å². The van der Waals surface area contributed by atoms with Gasteiger partial charge >= 0.3 is 11.4 Å². The number of ether oxygens (including phenoxy) is 1. The zero-order valence-electron chi connectivity index (χ0n) is 10.0. The minimum Gasteiger partial charge on any atom is -0.481 e. The van der Waals surface area contributed by atoms with Crippen molar-refractivity contribution in [1.29, 1.82) is 0 Å². The Balaban J connectivity index is 0.000000411. The average Bonchev–Trinajstić information content (AvgIpc) is 2.30. The zero-order valence-corrected chi connectivity index (χ0v) is 10.8. The van der Waals surface area contributed by atoms with E-state index in [4.69, 9.17) is 22.4 Å². The molecule has 1 aromatic carbocycles. The molecule has 0 heterocycles. The first kappa shape index (κ1) is 16.4. The maximum absolute atomic E-state index is 10.3. The Bertz CT molecular complexity index is 370. The lowest BCUT2D eigenvalue weighted by molar-refractivity contribution is -0.137. The second-order valence-electron chi connectivity index (χ2n) is 3.29. The van der Waals surface area contributed by atoms with E-state index in [9.17, 15) is 9.59 Å². The molecule has 0 radical (unpaired) electrons. The van der Waals surface area contributed by atoms with Crippen LogP contribution >= 0.6 is 11.6 Å². The summed E-state index contributed by atoms with van der Waals surface area (Å²) in [6.45, 7) is 2.04. The highest BCUT2D eigenvalue weighted by atomic mass is 35.5. The highest BCUT2D eigenvalue weighted by Gasteiger charge is 2.08. The van der Waals surface area contributed by atoms with Crippen LogP contribution in [-0.4, -0.2) is 23.1 Å². The first-order valence-electron chi connectivity index (χ1n) is 5.32. The van der Waals surface area contributed by atoms with Crippen LogP contribution in [0.3, 0.4) is 0 Å². The number of carboxylic acids is 1. The summed E-state index contributed by atoms with van der Waals surface area (Å²) in [6, 6.07) is 8.82. The molecule has 0 aliphatic heterocycles. The SMILES string of the molecule is CCOC(=O)Cl.NC(CC(=O)O)c1ccccc1. The first-order chi connectivity index (χ1) is 8.47. The van der Waals surface area contributed by atoms with Crippen LogP contribution < -0.4 is 5.73 Å². The van der Waals surface area contributed by atoms with E-state index < -0.39 is 17.4 Å². The highest BCUT2D eigenvalue weighted by molar-refractivity contribution is 6.61. The molecule has 0 amide bonds. The van der Waals surface area contributed by atoms with E-state index in [1.54, 1.807) is 6.92 Å². The largest absolute Gasteiger partial charge is 0.481 e. The highest BCUT2D eigenvalue weighted by Crippen LogP contribution is 2.12. The van der Waals surface area contributed by atoms with E-state index in [2.05, 4.69) is 4.74 Å². The fourth-order valence-corrected chi connectivity index (χ4v) is 1.23. The Morgan fingerprint density at radius 3 is 2.28 bits per heavy atom. The van der Waals surface area contributed by atoms with Gasteiger partial charge in [0.05, 0.1) is 13.0 Å². The molecule has 6 heteroatoms. The number of carbonyl (C=O) groups is 2. The Kier molecular flexibility index (Phi) is 8.61. The number of nitrogens with two attached hydrogens (primary N) is 1. The van der Waals surface area contributed by atoms with E-state index in [1.165, 1.54) is 0 Å². The third kappa shape index (κ3) is 8.55. The van der Waals surface area contributed by atoms with E-state index >= 15 is 0 Å². The van der Waals surface area contributed by atoms with Crippen molar-refractivity contribution >= 4 is 23.0 Å². The molecule has 0 saturated heterocycles. The van der Waals surface area contributed by atoms with Crippen molar-refractivity contribution in [3.8, 4) is 0 Å². The second-order valence-corrected chi connectivity index (χ2v) is 3.59. The predicted octanol–water partition coefficient (Wildman–Crippen LogP) is 2.54. The number of benzene rings is 1. The molecule has 3 N–H and O–H groups in total. The van der Waals surface area contributed by atoms with E-state index in [1.807, 2.05) is 30.3 Å². The minimum atomic E-state index is -0.869. The number of rotatable bonds is 4. The predicted molar refractivity (Wildman–Crippen MR) is 68.5 cm³/mol. The molecule has 100 valence electrons. The molecular weight excluding hydrogens is 258 g/mol. The molecule has 18 heavy (non-hydrogen) atoms. The molecule has 0 fully saturated rings. The summed E-state index contributed by atoms with van der Waals surface area (Å²) in [4.78, 5) is 19.9. The van der Waals surface area contributed by atoms with Crippen LogP contribution in [0.25, 0.3) is 0 Å². The number of aliphatic carboxylic acids is 1. The van der Waals surface area contributed by atoms with Crippen molar-refractivity contribution in [1.82, 2.24) is 0 Å². The third-order valence-corrected chi connectivity index (χ3v) is 1.99. The fraction of sp³-hybridized carbons (Fsp3) is 0.333. The maximum atomic E-state index is 10.3. The number of halogens is 1. The monoisotopic (exact) mass is 273 g/mol. The normalized spacial score (nSPS) is 10.8. The molecular formula is C12H16ClNO4. The lowest BCUT2D eigenvalue weighted by Gasteiger charge is -2.07. The maximum Gasteiger partial charge on any atom is 0.403 e. The van der Waals surface area contributed by atoms with E-state index in [0.29, 0.717) is 6.61 Å². The molecule has 0 aromatic heterocycles. The molecule has 0 aliphatic rings. The molecule has 1 aromatic rings. The molecule has 1 atom stereocenters. The molecule has 1 rings (SSSR count). The number of carbonyl (C=O) groups excluding carboxylic acids is 1. The van der Waals surface area contributed by atoms with Crippen LogP contribution in [0.15, 0.2) is 30.3 Å². The number of hydrogen-bond acceptors (Lipinski definition) is 4. The summed E-state index contributed by atoms with van der Waals surface area (Å²) < 4.78 is 4.17. The number of hydrogen-bond donors (Lipinski definition) is 2. The van der Waals surface area contributed by atoms with E-state index in [0.717, 1.165) is 5.56 Å². The summed E-state index contributed by atoms with van der Waals surface area (Å²) in [6.07, 6.45) is -0.0238. The fourth-order valence-electron chi connectivity index (χ4n) is 1.12. The van der Waals surface area contributed by atoms with Crippen molar-refractivity contribution in [3.05, 3.63) is 35.9 Å². The summed E-state index contributed by atoms with van der Waals surface area (Å²) in [5.41, 5.74) is 5.74. The van der Waals surface area contributed by atoms with Gasteiger partial charge in [0.2, 0.25) is 0 Å². The Hall–Kier alpha value is -1.59. The van der Waals surface area contributed by atoms with Crippen LogP contribution in [0, 0.1) is 0 Å². The van der Waals surface area contributed by atoms with Crippen LogP contribution in [0.1, 0.15) is 24.9 Å². The standard InChI is InChI=1S/C9H11NO2.C3H5ClO2/c10-8(6-9(11)12)7-4-2-1-3-5-7;1-2-6-3(4)5/h1-5,8H,6,10H2,(H,11,12);2H2,1H3. The van der Waals surface area contributed by atoms with Crippen molar-refractivity contribution in [3.63, 3.8) is 0 Å². The first-order valence-corrected chi connectivity index (χ1v) is 5.69. The van der Waals surface area contributed by atoms with Gasteiger partial charge < -0.3 is 15.6 Å². The third-order valence-electron chi connectivity index (χ3n) is 1.88. The van der Waals surface area contributed by atoms with Crippen LogP contribution in [0.4, 0.5) is 4.79 Å². The van der Waals surface area contributed by atoms with Gasteiger partial charge in [-0.25, -0.2) is 4.79 Å². The molecule has 1 unspecified atom stereocenters. The zero-order chi connectivity index (χ0) is 14.0. The molecule has 5 nitrogen and oxygen atoms in total. The average molecular weight is 274 g/mol. The van der Waals surface area contributed by atoms with Gasteiger partial charge in [0.25, 0.3) is 0 Å². The van der Waals surface area contributed by atoms with Crippen molar-refractivity contribution in [2.75, 3.05) is 6.61 Å². The van der Waals surface area contributed by atoms with Crippen molar-refractivity contribution < 1.29 is 19.4 Å². The van der Waals surface area contributed by atoms with Gasteiger partial charge in [-0.15, -0.1) is 0 Å².